The standard InChI is InChI=1S/C11H19NO2/c1-5-6-10(11(13)14-4)7-9(2)8-12-3/h6-7,12H,5,8H2,1-4H3/b9-7-,10-6+. The Hall–Kier alpha value is -1.09. The topological polar surface area (TPSA) is 38.3 Å². The van der Waals surface area contributed by atoms with Gasteiger partial charge in [0.25, 0.3) is 0 Å². The first-order valence-corrected chi connectivity index (χ1v) is 4.75. The van der Waals surface area contributed by atoms with Crippen LogP contribution >= 0.6 is 0 Å². The van der Waals surface area contributed by atoms with Crippen LogP contribution in [0.3, 0.4) is 0 Å². The number of carbonyl (C=O) groups excluding carboxylic acids is 1. The SMILES string of the molecule is CC/C=C(\C=C(\C)CNC)C(=O)OC. The summed E-state index contributed by atoms with van der Waals surface area (Å²) in [5.74, 6) is -0.276. The van der Waals surface area contributed by atoms with Gasteiger partial charge in [0.15, 0.2) is 0 Å². The molecule has 0 aromatic rings. The number of hydrogen-bond acceptors (Lipinski definition) is 3. The van der Waals surface area contributed by atoms with E-state index in [1.54, 1.807) is 0 Å². The molecule has 0 aliphatic heterocycles. The molecule has 0 aliphatic carbocycles. The highest BCUT2D eigenvalue weighted by Gasteiger charge is 2.05. The lowest BCUT2D eigenvalue weighted by Gasteiger charge is -2.03. The predicted octanol–water partition coefficient (Wildman–Crippen LogP) is 1.66. The Morgan fingerprint density at radius 1 is 1.50 bits per heavy atom. The number of nitrogens with one attached hydrogen (secondary N) is 1. The van der Waals surface area contributed by atoms with Gasteiger partial charge in [-0.3, -0.25) is 0 Å². The highest BCUT2D eigenvalue weighted by molar-refractivity contribution is 5.91. The van der Waals surface area contributed by atoms with Crippen LogP contribution in [-0.2, 0) is 9.53 Å². The van der Waals surface area contributed by atoms with Crippen molar-refractivity contribution in [3.63, 3.8) is 0 Å². The number of allylic oxidation sites excluding steroid dienone is 1. The van der Waals surface area contributed by atoms with E-state index in [9.17, 15) is 4.79 Å². The van der Waals surface area contributed by atoms with Gasteiger partial charge in [-0.1, -0.05) is 18.6 Å². The molecule has 0 spiro atoms. The molecule has 0 radical (unpaired) electrons. The first-order valence-electron chi connectivity index (χ1n) is 4.75. The van der Waals surface area contributed by atoms with Crippen molar-refractivity contribution in [3.8, 4) is 0 Å². The Morgan fingerprint density at radius 2 is 2.14 bits per heavy atom. The second-order valence-electron chi connectivity index (χ2n) is 3.08. The molecular weight excluding hydrogens is 178 g/mol. The van der Waals surface area contributed by atoms with Crippen LogP contribution in [0.1, 0.15) is 20.3 Å². The third-order valence-electron chi connectivity index (χ3n) is 1.70. The minimum Gasteiger partial charge on any atom is -0.465 e. The summed E-state index contributed by atoms with van der Waals surface area (Å²) < 4.78 is 4.67. The molecule has 0 amide bonds. The van der Waals surface area contributed by atoms with Gasteiger partial charge in [0.05, 0.1) is 12.7 Å². The molecule has 0 heterocycles. The molecule has 0 rings (SSSR count). The van der Waals surface area contributed by atoms with E-state index in [0.29, 0.717) is 5.57 Å². The molecule has 3 nitrogen and oxygen atoms in total. The molecule has 0 saturated heterocycles. The van der Waals surface area contributed by atoms with Crippen molar-refractivity contribution >= 4 is 5.97 Å². The van der Waals surface area contributed by atoms with Crippen LogP contribution in [-0.4, -0.2) is 26.7 Å². The lowest BCUT2D eigenvalue weighted by molar-refractivity contribution is -0.135. The third-order valence-corrected chi connectivity index (χ3v) is 1.70. The zero-order valence-electron chi connectivity index (χ0n) is 9.39. The summed E-state index contributed by atoms with van der Waals surface area (Å²) in [4.78, 5) is 11.3. The fraction of sp³-hybridized carbons (Fsp3) is 0.545. The van der Waals surface area contributed by atoms with Crippen LogP contribution in [0, 0.1) is 0 Å². The molecule has 0 aromatic carbocycles. The first kappa shape index (κ1) is 12.9. The maximum absolute atomic E-state index is 11.3. The molecule has 14 heavy (non-hydrogen) atoms. The Bertz CT molecular complexity index is 242. The number of hydrogen-bond donors (Lipinski definition) is 1. The van der Waals surface area contributed by atoms with Crippen LogP contribution in [0.15, 0.2) is 23.3 Å². The van der Waals surface area contributed by atoms with Crippen molar-refractivity contribution in [3.05, 3.63) is 23.3 Å². The quantitative estimate of drug-likeness (QED) is 0.414. The predicted molar refractivity (Wildman–Crippen MR) is 58.1 cm³/mol. The second-order valence-corrected chi connectivity index (χ2v) is 3.08. The summed E-state index contributed by atoms with van der Waals surface area (Å²) >= 11 is 0. The van der Waals surface area contributed by atoms with Crippen LogP contribution in [0.4, 0.5) is 0 Å². The number of carbonyl (C=O) groups is 1. The summed E-state index contributed by atoms with van der Waals surface area (Å²) in [7, 11) is 3.27. The van der Waals surface area contributed by atoms with E-state index < -0.39 is 0 Å². The molecule has 0 unspecified atom stereocenters. The zero-order chi connectivity index (χ0) is 11.0. The highest BCUT2D eigenvalue weighted by atomic mass is 16.5. The summed E-state index contributed by atoms with van der Waals surface area (Å²) in [6, 6.07) is 0. The van der Waals surface area contributed by atoms with E-state index in [2.05, 4.69) is 10.1 Å². The molecule has 0 fully saturated rings. The molecule has 0 bridgehead atoms. The Balaban J connectivity index is 4.60. The van der Waals surface area contributed by atoms with Gasteiger partial charge in [-0.2, -0.15) is 0 Å². The lowest BCUT2D eigenvalue weighted by atomic mass is 10.1. The molecule has 3 heteroatoms. The molecule has 0 atom stereocenters. The van der Waals surface area contributed by atoms with Crippen molar-refractivity contribution in [2.75, 3.05) is 20.7 Å². The van der Waals surface area contributed by atoms with Crippen molar-refractivity contribution in [1.29, 1.82) is 0 Å². The Labute approximate surface area is 85.8 Å². The first-order chi connectivity index (χ1) is 6.65. The Morgan fingerprint density at radius 3 is 2.57 bits per heavy atom. The van der Waals surface area contributed by atoms with Gasteiger partial charge in [-0.05, 0) is 26.5 Å². The molecule has 80 valence electrons. The van der Waals surface area contributed by atoms with E-state index in [1.807, 2.05) is 33.0 Å². The van der Waals surface area contributed by atoms with Gasteiger partial charge in [-0.25, -0.2) is 4.79 Å². The summed E-state index contributed by atoms with van der Waals surface area (Å²) in [6.45, 7) is 4.74. The fourth-order valence-electron chi connectivity index (χ4n) is 1.13. The van der Waals surface area contributed by atoms with Crippen LogP contribution in [0.2, 0.25) is 0 Å². The molecular formula is C11H19NO2. The van der Waals surface area contributed by atoms with E-state index in [-0.39, 0.29) is 5.97 Å². The average Bonchev–Trinajstić information content (AvgIpc) is 2.16. The van der Waals surface area contributed by atoms with Gasteiger partial charge in [0.1, 0.15) is 0 Å². The maximum Gasteiger partial charge on any atom is 0.337 e. The van der Waals surface area contributed by atoms with Crippen molar-refractivity contribution in [1.82, 2.24) is 5.32 Å². The average molecular weight is 197 g/mol. The van der Waals surface area contributed by atoms with E-state index in [0.717, 1.165) is 18.5 Å². The van der Waals surface area contributed by atoms with Crippen LogP contribution in [0.25, 0.3) is 0 Å². The third kappa shape index (κ3) is 4.82. The normalized spacial score (nSPS) is 12.9. The Kier molecular flexibility index (Phi) is 6.76. The minimum absolute atomic E-state index is 0.276. The van der Waals surface area contributed by atoms with Crippen LogP contribution < -0.4 is 5.32 Å². The summed E-state index contributed by atoms with van der Waals surface area (Å²) in [5.41, 5.74) is 1.74. The highest BCUT2D eigenvalue weighted by Crippen LogP contribution is 2.05. The van der Waals surface area contributed by atoms with Gasteiger partial charge in [-0.15, -0.1) is 0 Å². The molecule has 1 N–H and O–H groups in total. The molecule has 0 aromatic heterocycles. The fourth-order valence-corrected chi connectivity index (χ4v) is 1.13. The van der Waals surface area contributed by atoms with Crippen molar-refractivity contribution in [2.24, 2.45) is 0 Å². The van der Waals surface area contributed by atoms with Gasteiger partial charge in [0, 0.05) is 6.54 Å². The smallest absolute Gasteiger partial charge is 0.337 e. The van der Waals surface area contributed by atoms with E-state index in [4.69, 9.17) is 0 Å². The summed E-state index contributed by atoms with van der Waals surface area (Å²) in [5, 5.41) is 3.02. The maximum atomic E-state index is 11.3. The minimum atomic E-state index is -0.276. The number of esters is 1. The number of rotatable bonds is 5. The van der Waals surface area contributed by atoms with Crippen molar-refractivity contribution < 1.29 is 9.53 Å². The second kappa shape index (κ2) is 7.33. The zero-order valence-corrected chi connectivity index (χ0v) is 9.39. The van der Waals surface area contributed by atoms with Gasteiger partial charge < -0.3 is 10.1 Å². The van der Waals surface area contributed by atoms with Crippen molar-refractivity contribution in [2.45, 2.75) is 20.3 Å². The molecule has 0 aliphatic rings. The number of likely N-dealkylation sites (N-methyl/N-ethyl adjacent to an activating group) is 1. The van der Waals surface area contributed by atoms with Gasteiger partial charge >= 0.3 is 5.97 Å². The molecule has 0 saturated carbocycles. The number of ether oxygens (including phenoxy) is 1. The van der Waals surface area contributed by atoms with Crippen LogP contribution in [0.5, 0.6) is 0 Å². The monoisotopic (exact) mass is 197 g/mol. The largest absolute Gasteiger partial charge is 0.465 e. The number of methoxy groups -OCH3 is 1. The van der Waals surface area contributed by atoms with E-state index in [1.165, 1.54) is 7.11 Å². The lowest BCUT2D eigenvalue weighted by Crippen LogP contribution is -2.10. The van der Waals surface area contributed by atoms with Gasteiger partial charge in [0.2, 0.25) is 0 Å². The summed E-state index contributed by atoms with van der Waals surface area (Å²) in [6.07, 6.45) is 4.55. The van der Waals surface area contributed by atoms with E-state index >= 15 is 0 Å².